The first-order valence-electron chi connectivity index (χ1n) is 8.54. The summed E-state index contributed by atoms with van der Waals surface area (Å²) in [5, 5.41) is 0. The van der Waals surface area contributed by atoms with Gasteiger partial charge < -0.3 is 14.1 Å². The minimum atomic E-state index is -3.76. The minimum absolute atomic E-state index is 0.00338. The summed E-state index contributed by atoms with van der Waals surface area (Å²) >= 11 is 0. The Hall–Kier alpha value is -2.72. The number of sulfonamides is 1. The third kappa shape index (κ3) is 4.39. The van der Waals surface area contributed by atoms with Crippen molar-refractivity contribution in [1.29, 1.82) is 0 Å². The number of rotatable bonds is 5. The Bertz CT molecular complexity index is 962. The molecule has 0 aliphatic carbocycles. The zero-order valence-electron chi connectivity index (χ0n) is 15.1. The molecule has 1 aliphatic heterocycles. The molecule has 8 nitrogen and oxygen atoms in total. The van der Waals surface area contributed by atoms with Crippen LogP contribution in [0.25, 0.3) is 0 Å². The van der Waals surface area contributed by atoms with E-state index in [0.29, 0.717) is 5.76 Å². The molecule has 1 amide bonds. The van der Waals surface area contributed by atoms with Gasteiger partial charge in [-0.3, -0.25) is 4.79 Å². The molecule has 0 N–H and O–H groups in total. The van der Waals surface area contributed by atoms with Gasteiger partial charge in [-0.05, 0) is 43.3 Å². The maximum atomic E-state index is 13.0. The molecule has 0 unspecified atom stereocenters. The van der Waals surface area contributed by atoms with Crippen molar-refractivity contribution >= 4 is 21.9 Å². The van der Waals surface area contributed by atoms with Crippen LogP contribution in [0.2, 0.25) is 0 Å². The molecule has 0 saturated carbocycles. The molecule has 1 fully saturated rings. The number of hydrogen-bond acceptors (Lipinski definition) is 6. The van der Waals surface area contributed by atoms with Crippen LogP contribution in [-0.4, -0.2) is 62.3 Å². The van der Waals surface area contributed by atoms with Crippen LogP contribution in [-0.2, 0) is 19.6 Å². The molecule has 0 spiro atoms. The molecule has 1 saturated heterocycles. The van der Waals surface area contributed by atoms with Crippen LogP contribution >= 0.6 is 0 Å². The lowest BCUT2D eigenvalue weighted by molar-refractivity contribution is -0.135. The van der Waals surface area contributed by atoms with Gasteiger partial charge in [-0.15, -0.1) is 0 Å². The molecule has 1 aliphatic rings. The van der Waals surface area contributed by atoms with Gasteiger partial charge in [0.2, 0.25) is 15.8 Å². The normalized spacial score (nSPS) is 15.4. The first-order valence-corrected chi connectivity index (χ1v) is 9.98. The highest BCUT2D eigenvalue weighted by Crippen LogP contribution is 2.18. The maximum Gasteiger partial charge on any atom is 0.374 e. The molecule has 0 atom stereocenters. The quantitative estimate of drug-likeness (QED) is 0.692. The number of esters is 1. The molecular formula is C18H19FN2O6S. The van der Waals surface area contributed by atoms with E-state index in [2.05, 4.69) is 0 Å². The monoisotopic (exact) mass is 410 g/mol. The van der Waals surface area contributed by atoms with Gasteiger partial charge in [0.05, 0.1) is 4.90 Å². The lowest BCUT2D eigenvalue weighted by Gasteiger charge is -2.33. The molecule has 2 heterocycles. The molecule has 0 radical (unpaired) electrons. The van der Waals surface area contributed by atoms with E-state index in [1.54, 1.807) is 13.0 Å². The van der Waals surface area contributed by atoms with Gasteiger partial charge in [0.25, 0.3) is 5.91 Å². The molecule has 10 heteroatoms. The first kappa shape index (κ1) is 20.0. The number of amides is 1. The van der Waals surface area contributed by atoms with Gasteiger partial charge >= 0.3 is 5.97 Å². The number of benzene rings is 1. The van der Waals surface area contributed by atoms with Crippen molar-refractivity contribution in [2.24, 2.45) is 0 Å². The van der Waals surface area contributed by atoms with Crippen LogP contribution in [0.5, 0.6) is 0 Å². The predicted molar refractivity (Wildman–Crippen MR) is 95.5 cm³/mol. The highest BCUT2D eigenvalue weighted by Gasteiger charge is 2.30. The topological polar surface area (TPSA) is 97.1 Å². The fourth-order valence-corrected chi connectivity index (χ4v) is 4.19. The Morgan fingerprint density at radius 1 is 1.07 bits per heavy atom. The number of halogens is 1. The van der Waals surface area contributed by atoms with E-state index in [1.165, 1.54) is 27.4 Å². The fourth-order valence-electron chi connectivity index (χ4n) is 2.77. The van der Waals surface area contributed by atoms with Crippen molar-refractivity contribution in [3.05, 3.63) is 53.7 Å². The second-order valence-electron chi connectivity index (χ2n) is 6.23. The zero-order valence-corrected chi connectivity index (χ0v) is 15.9. The number of ether oxygens (including phenoxy) is 1. The highest BCUT2D eigenvalue weighted by molar-refractivity contribution is 7.89. The summed E-state index contributed by atoms with van der Waals surface area (Å²) in [5.41, 5.74) is 0. The van der Waals surface area contributed by atoms with Gasteiger partial charge in [-0.2, -0.15) is 4.31 Å². The van der Waals surface area contributed by atoms with Crippen molar-refractivity contribution in [3.8, 4) is 0 Å². The molecule has 2 aromatic rings. The molecule has 1 aromatic heterocycles. The SMILES string of the molecule is Cc1ccc(C(=O)OCC(=O)N2CCN(S(=O)(=O)c3ccc(F)cc3)CC2)o1. The van der Waals surface area contributed by atoms with Crippen molar-refractivity contribution in [2.45, 2.75) is 11.8 Å². The van der Waals surface area contributed by atoms with Crippen LogP contribution in [0.15, 0.2) is 45.7 Å². The number of aryl methyl sites for hydroxylation is 1. The summed E-state index contributed by atoms with van der Waals surface area (Å²) in [6.45, 7) is 1.74. The van der Waals surface area contributed by atoms with E-state index in [1.807, 2.05) is 0 Å². The van der Waals surface area contributed by atoms with Crippen LogP contribution < -0.4 is 0 Å². The van der Waals surface area contributed by atoms with Crippen molar-refractivity contribution in [2.75, 3.05) is 32.8 Å². The number of piperazine rings is 1. The van der Waals surface area contributed by atoms with Crippen molar-refractivity contribution in [3.63, 3.8) is 0 Å². The first-order chi connectivity index (χ1) is 13.3. The lowest BCUT2D eigenvalue weighted by Crippen LogP contribution is -2.51. The summed E-state index contributed by atoms with van der Waals surface area (Å²) < 4.78 is 49.4. The van der Waals surface area contributed by atoms with E-state index in [9.17, 15) is 22.4 Å². The molecule has 1 aromatic carbocycles. The van der Waals surface area contributed by atoms with Gasteiger partial charge in [0.1, 0.15) is 11.6 Å². The number of carbonyl (C=O) groups excluding carboxylic acids is 2. The number of furan rings is 1. The van der Waals surface area contributed by atoms with Gasteiger partial charge in [-0.1, -0.05) is 0 Å². The number of hydrogen-bond donors (Lipinski definition) is 0. The molecule has 0 bridgehead atoms. The number of carbonyl (C=O) groups is 2. The van der Waals surface area contributed by atoms with Crippen LogP contribution in [0.3, 0.4) is 0 Å². The van der Waals surface area contributed by atoms with E-state index < -0.39 is 34.3 Å². The molecule has 3 rings (SSSR count). The maximum absolute atomic E-state index is 13.0. The van der Waals surface area contributed by atoms with E-state index in [-0.39, 0.29) is 36.8 Å². The van der Waals surface area contributed by atoms with Gasteiger partial charge in [0.15, 0.2) is 6.61 Å². The summed E-state index contributed by atoms with van der Waals surface area (Å²) in [4.78, 5) is 25.4. The molecule has 150 valence electrons. The zero-order chi connectivity index (χ0) is 20.3. The van der Waals surface area contributed by atoms with Crippen LogP contribution in [0.4, 0.5) is 4.39 Å². The van der Waals surface area contributed by atoms with E-state index in [0.717, 1.165) is 12.1 Å². The Labute approximate surface area is 161 Å². The largest absolute Gasteiger partial charge is 0.454 e. The van der Waals surface area contributed by atoms with Crippen LogP contribution in [0.1, 0.15) is 16.3 Å². The standard InChI is InChI=1S/C18H19FN2O6S/c1-13-2-7-16(27-13)18(23)26-12-17(22)20-8-10-21(11-9-20)28(24,25)15-5-3-14(19)4-6-15/h2-7H,8-12H2,1H3. The highest BCUT2D eigenvalue weighted by atomic mass is 32.2. The summed E-state index contributed by atoms with van der Waals surface area (Å²) in [6, 6.07) is 7.65. The molecular weight excluding hydrogens is 391 g/mol. The summed E-state index contributed by atoms with van der Waals surface area (Å²) in [6.07, 6.45) is 0. The third-order valence-corrected chi connectivity index (χ3v) is 6.22. The Morgan fingerprint density at radius 3 is 2.29 bits per heavy atom. The second-order valence-corrected chi connectivity index (χ2v) is 8.16. The third-order valence-electron chi connectivity index (χ3n) is 4.31. The summed E-state index contributed by atoms with van der Waals surface area (Å²) in [5.74, 6) is -1.11. The van der Waals surface area contributed by atoms with Crippen molar-refractivity contribution in [1.82, 2.24) is 9.21 Å². The van der Waals surface area contributed by atoms with Crippen molar-refractivity contribution < 1.29 is 31.6 Å². The van der Waals surface area contributed by atoms with Crippen LogP contribution in [0, 0.1) is 12.7 Å². The Morgan fingerprint density at radius 2 is 1.71 bits per heavy atom. The minimum Gasteiger partial charge on any atom is -0.454 e. The lowest BCUT2D eigenvalue weighted by atomic mass is 10.3. The Kier molecular flexibility index (Phi) is 5.80. The molecule has 28 heavy (non-hydrogen) atoms. The predicted octanol–water partition coefficient (Wildman–Crippen LogP) is 1.42. The Balaban J connectivity index is 1.52. The average molecular weight is 410 g/mol. The second kappa shape index (κ2) is 8.11. The van der Waals surface area contributed by atoms with E-state index >= 15 is 0 Å². The summed E-state index contributed by atoms with van der Waals surface area (Å²) in [7, 11) is -3.76. The smallest absolute Gasteiger partial charge is 0.374 e. The van der Waals surface area contributed by atoms with Gasteiger partial charge in [-0.25, -0.2) is 17.6 Å². The fraction of sp³-hybridized carbons (Fsp3) is 0.333. The number of nitrogens with zero attached hydrogens (tertiary/aromatic N) is 2. The van der Waals surface area contributed by atoms with E-state index in [4.69, 9.17) is 9.15 Å². The average Bonchev–Trinajstić information content (AvgIpc) is 3.13. The van der Waals surface area contributed by atoms with Gasteiger partial charge in [0, 0.05) is 26.2 Å².